The predicted octanol–water partition coefficient (Wildman–Crippen LogP) is 3.20. The standard InChI is InChI=1S/C19H20O5/c1-12-10-15(8-9-17(12)23-2)16(18(20)21)11-13-4-6-14(7-5-13)19(22)24-3/h4-10,16H,11H2,1-3H3,(H,20,21). The summed E-state index contributed by atoms with van der Waals surface area (Å²) in [6.45, 7) is 1.88. The number of hydrogen-bond donors (Lipinski definition) is 1. The number of esters is 1. The largest absolute Gasteiger partial charge is 0.496 e. The fourth-order valence-corrected chi connectivity index (χ4v) is 2.60. The Bertz CT molecular complexity index is 734. The first-order chi connectivity index (χ1) is 11.5. The summed E-state index contributed by atoms with van der Waals surface area (Å²) in [5, 5.41) is 9.58. The minimum atomic E-state index is -0.892. The molecule has 126 valence electrons. The average Bonchev–Trinajstić information content (AvgIpc) is 2.59. The van der Waals surface area contributed by atoms with Crippen LogP contribution in [0.4, 0.5) is 0 Å². The van der Waals surface area contributed by atoms with Crippen LogP contribution >= 0.6 is 0 Å². The lowest BCUT2D eigenvalue weighted by molar-refractivity contribution is -0.138. The zero-order valence-electron chi connectivity index (χ0n) is 13.9. The van der Waals surface area contributed by atoms with Crippen molar-refractivity contribution in [3.8, 4) is 5.75 Å². The molecule has 0 aromatic heterocycles. The predicted molar refractivity (Wildman–Crippen MR) is 89.6 cm³/mol. The fraction of sp³-hybridized carbons (Fsp3) is 0.263. The Labute approximate surface area is 140 Å². The van der Waals surface area contributed by atoms with Crippen molar-refractivity contribution in [3.05, 3.63) is 64.7 Å². The maximum atomic E-state index is 11.7. The molecule has 0 saturated heterocycles. The summed E-state index contributed by atoms with van der Waals surface area (Å²) in [5.74, 6) is -1.25. The first-order valence-corrected chi connectivity index (χ1v) is 7.51. The fourth-order valence-electron chi connectivity index (χ4n) is 2.60. The molecule has 0 radical (unpaired) electrons. The van der Waals surface area contributed by atoms with E-state index >= 15 is 0 Å². The molecule has 0 bridgehead atoms. The van der Waals surface area contributed by atoms with Crippen LogP contribution in [0, 0.1) is 6.92 Å². The number of aryl methyl sites for hydroxylation is 1. The van der Waals surface area contributed by atoms with Gasteiger partial charge in [0.05, 0.1) is 25.7 Å². The van der Waals surface area contributed by atoms with E-state index in [1.54, 1.807) is 43.5 Å². The number of carboxylic acids is 1. The molecule has 1 unspecified atom stereocenters. The van der Waals surface area contributed by atoms with Gasteiger partial charge in [0, 0.05) is 0 Å². The molecule has 5 nitrogen and oxygen atoms in total. The van der Waals surface area contributed by atoms with E-state index in [1.165, 1.54) is 7.11 Å². The molecular weight excluding hydrogens is 308 g/mol. The van der Waals surface area contributed by atoms with E-state index in [0.717, 1.165) is 22.4 Å². The van der Waals surface area contributed by atoms with Crippen molar-refractivity contribution in [2.75, 3.05) is 14.2 Å². The number of aliphatic carboxylic acids is 1. The average molecular weight is 328 g/mol. The Balaban J connectivity index is 2.24. The van der Waals surface area contributed by atoms with Gasteiger partial charge in [0.15, 0.2) is 0 Å². The molecule has 2 aromatic carbocycles. The number of benzene rings is 2. The monoisotopic (exact) mass is 328 g/mol. The molecule has 0 saturated carbocycles. The number of methoxy groups -OCH3 is 2. The highest BCUT2D eigenvalue weighted by atomic mass is 16.5. The molecule has 0 aliphatic rings. The SMILES string of the molecule is COC(=O)c1ccc(CC(C(=O)O)c2ccc(OC)c(C)c2)cc1. The quantitative estimate of drug-likeness (QED) is 0.824. The van der Waals surface area contributed by atoms with Gasteiger partial charge in [0.1, 0.15) is 5.75 Å². The summed E-state index contributed by atoms with van der Waals surface area (Å²) in [4.78, 5) is 23.1. The van der Waals surface area contributed by atoms with Crippen LogP contribution in [0.1, 0.15) is 33.0 Å². The third-order valence-corrected chi connectivity index (χ3v) is 3.93. The van der Waals surface area contributed by atoms with Crippen molar-refractivity contribution in [2.24, 2.45) is 0 Å². The van der Waals surface area contributed by atoms with E-state index in [1.807, 2.05) is 13.0 Å². The van der Waals surface area contributed by atoms with Crippen molar-refractivity contribution in [2.45, 2.75) is 19.3 Å². The van der Waals surface area contributed by atoms with Gasteiger partial charge in [-0.3, -0.25) is 4.79 Å². The Hall–Kier alpha value is -2.82. The van der Waals surface area contributed by atoms with Crippen LogP contribution < -0.4 is 4.74 Å². The number of hydrogen-bond acceptors (Lipinski definition) is 4. The van der Waals surface area contributed by atoms with Crippen LogP contribution in [0.15, 0.2) is 42.5 Å². The lowest BCUT2D eigenvalue weighted by Gasteiger charge is -2.15. The summed E-state index contributed by atoms with van der Waals surface area (Å²) < 4.78 is 9.87. The molecule has 1 N–H and O–H groups in total. The molecule has 1 atom stereocenters. The van der Waals surface area contributed by atoms with Crippen LogP contribution in [0.3, 0.4) is 0 Å². The molecule has 2 rings (SSSR count). The van der Waals surface area contributed by atoms with Gasteiger partial charge in [-0.25, -0.2) is 4.79 Å². The number of carbonyl (C=O) groups excluding carboxylic acids is 1. The molecule has 2 aromatic rings. The Morgan fingerprint density at radius 3 is 2.25 bits per heavy atom. The molecular formula is C19H20O5. The van der Waals surface area contributed by atoms with E-state index in [0.29, 0.717) is 12.0 Å². The van der Waals surface area contributed by atoms with Gasteiger partial charge in [0.2, 0.25) is 0 Å². The summed E-state index contributed by atoms with van der Waals surface area (Å²) in [6.07, 6.45) is 0.336. The number of rotatable bonds is 6. The smallest absolute Gasteiger partial charge is 0.337 e. The summed E-state index contributed by atoms with van der Waals surface area (Å²) in [6, 6.07) is 12.2. The van der Waals surface area contributed by atoms with Gasteiger partial charge < -0.3 is 14.6 Å². The minimum absolute atomic E-state index is 0.336. The molecule has 0 aliphatic heterocycles. The van der Waals surface area contributed by atoms with E-state index in [9.17, 15) is 14.7 Å². The first kappa shape index (κ1) is 17.5. The molecule has 0 fully saturated rings. The second-order valence-electron chi connectivity index (χ2n) is 5.51. The van der Waals surface area contributed by atoms with Gasteiger partial charge in [-0.15, -0.1) is 0 Å². The van der Waals surface area contributed by atoms with E-state index < -0.39 is 17.9 Å². The molecule has 5 heteroatoms. The zero-order chi connectivity index (χ0) is 17.7. The zero-order valence-corrected chi connectivity index (χ0v) is 13.9. The van der Waals surface area contributed by atoms with Gasteiger partial charge >= 0.3 is 11.9 Å². The molecule has 0 amide bonds. The summed E-state index contributed by atoms with van der Waals surface area (Å²) in [5.41, 5.74) is 2.89. The number of ether oxygens (including phenoxy) is 2. The second-order valence-corrected chi connectivity index (χ2v) is 5.51. The topological polar surface area (TPSA) is 72.8 Å². The molecule has 0 spiro atoms. The minimum Gasteiger partial charge on any atom is -0.496 e. The highest BCUT2D eigenvalue weighted by Crippen LogP contribution is 2.26. The van der Waals surface area contributed by atoms with Crippen molar-refractivity contribution >= 4 is 11.9 Å². The lowest BCUT2D eigenvalue weighted by Crippen LogP contribution is -2.15. The Morgan fingerprint density at radius 1 is 1.08 bits per heavy atom. The van der Waals surface area contributed by atoms with Crippen LogP contribution in [0.25, 0.3) is 0 Å². The van der Waals surface area contributed by atoms with Crippen LogP contribution in [-0.4, -0.2) is 31.3 Å². The number of carboxylic acid groups (broad SMARTS) is 1. The first-order valence-electron chi connectivity index (χ1n) is 7.51. The summed E-state index contributed by atoms with van der Waals surface area (Å²) in [7, 11) is 2.91. The summed E-state index contributed by atoms with van der Waals surface area (Å²) >= 11 is 0. The highest BCUT2D eigenvalue weighted by molar-refractivity contribution is 5.89. The molecule has 0 heterocycles. The Kier molecular flexibility index (Phi) is 5.58. The maximum Gasteiger partial charge on any atom is 0.337 e. The van der Waals surface area contributed by atoms with Gasteiger partial charge in [0.25, 0.3) is 0 Å². The van der Waals surface area contributed by atoms with Crippen molar-refractivity contribution < 1.29 is 24.2 Å². The van der Waals surface area contributed by atoms with Gasteiger partial charge in [-0.1, -0.05) is 24.3 Å². The molecule has 24 heavy (non-hydrogen) atoms. The van der Waals surface area contributed by atoms with Gasteiger partial charge in [-0.05, 0) is 48.2 Å². The van der Waals surface area contributed by atoms with E-state index in [2.05, 4.69) is 4.74 Å². The number of carbonyl (C=O) groups is 2. The van der Waals surface area contributed by atoms with E-state index in [4.69, 9.17) is 4.74 Å². The van der Waals surface area contributed by atoms with Gasteiger partial charge in [-0.2, -0.15) is 0 Å². The third kappa shape index (κ3) is 3.93. The third-order valence-electron chi connectivity index (χ3n) is 3.93. The second kappa shape index (κ2) is 7.64. The van der Waals surface area contributed by atoms with Crippen molar-refractivity contribution in [1.29, 1.82) is 0 Å². The Morgan fingerprint density at radius 2 is 1.75 bits per heavy atom. The van der Waals surface area contributed by atoms with Crippen molar-refractivity contribution in [3.63, 3.8) is 0 Å². The van der Waals surface area contributed by atoms with Crippen LogP contribution in [0.5, 0.6) is 5.75 Å². The van der Waals surface area contributed by atoms with E-state index in [-0.39, 0.29) is 0 Å². The normalized spacial score (nSPS) is 11.6. The lowest BCUT2D eigenvalue weighted by atomic mass is 9.90. The van der Waals surface area contributed by atoms with Crippen molar-refractivity contribution in [1.82, 2.24) is 0 Å². The van der Waals surface area contributed by atoms with Crippen LogP contribution in [0.2, 0.25) is 0 Å². The highest BCUT2D eigenvalue weighted by Gasteiger charge is 2.21. The van der Waals surface area contributed by atoms with Crippen LogP contribution in [-0.2, 0) is 16.0 Å². The maximum absolute atomic E-state index is 11.7. The molecule has 0 aliphatic carbocycles.